The van der Waals surface area contributed by atoms with Crippen molar-refractivity contribution in [2.45, 2.75) is 32.6 Å². The minimum Gasteiger partial charge on any atom is -0.431 e. The summed E-state index contributed by atoms with van der Waals surface area (Å²) in [7, 11) is 0. The van der Waals surface area contributed by atoms with Gasteiger partial charge in [-0.1, -0.05) is 18.3 Å². The van der Waals surface area contributed by atoms with Crippen molar-refractivity contribution < 1.29 is 13.9 Å². The molecule has 3 aromatic heterocycles. The highest BCUT2D eigenvalue weighted by Gasteiger charge is 2.26. The van der Waals surface area contributed by atoms with E-state index in [-0.39, 0.29) is 11.6 Å². The fraction of sp³-hybridized carbons (Fsp3) is 0.583. The quantitative estimate of drug-likeness (QED) is 0.567. The van der Waals surface area contributed by atoms with Gasteiger partial charge in [-0.25, -0.2) is 4.98 Å². The minimum atomic E-state index is -0.287. The van der Waals surface area contributed by atoms with Gasteiger partial charge in [0.1, 0.15) is 6.26 Å². The molecule has 0 aliphatic carbocycles. The van der Waals surface area contributed by atoms with Crippen molar-refractivity contribution in [2.24, 2.45) is 5.92 Å². The molecule has 35 heavy (non-hydrogen) atoms. The molecule has 10 nitrogen and oxygen atoms in total. The van der Waals surface area contributed by atoms with Crippen molar-refractivity contribution in [3.8, 4) is 0 Å². The number of hydrogen-bond acceptors (Lipinski definition) is 10. The highest BCUT2D eigenvalue weighted by Crippen LogP contribution is 2.36. The molecule has 11 heteroatoms. The Morgan fingerprint density at radius 3 is 2.63 bits per heavy atom. The maximum atomic E-state index is 13.2. The first-order chi connectivity index (χ1) is 17.1. The van der Waals surface area contributed by atoms with E-state index >= 15 is 0 Å². The lowest BCUT2D eigenvalue weighted by Crippen LogP contribution is -2.36. The Bertz CT molecular complexity index is 1200. The summed E-state index contributed by atoms with van der Waals surface area (Å²) < 4.78 is 12.1. The van der Waals surface area contributed by atoms with Crippen LogP contribution in [0.3, 0.4) is 0 Å². The molecule has 3 aromatic rings. The van der Waals surface area contributed by atoms with Crippen LogP contribution >= 0.6 is 11.3 Å². The van der Waals surface area contributed by atoms with Gasteiger partial charge in [0, 0.05) is 39.3 Å². The first-order valence-electron chi connectivity index (χ1n) is 12.5. The van der Waals surface area contributed by atoms with Gasteiger partial charge in [-0.05, 0) is 37.7 Å². The van der Waals surface area contributed by atoms with Gasteiger partial charge in [0.2, 0.25) is 0 Å². The topological polar surface area (TPSA) is 99.9 Å². The molecule has 3 aliphatic rings. The maximum Gasteiger partial charge on any atom is 0.297 e. The second-order valence-electron chi connectivity index (χ2n) is 9.63. The van der Waals surface area contributed by atoms with Crippen LogP contribution in [0.25, 0.3) is 10.3 Å². The summed E-state index contributed by atoms with van der Waals surface area (Å²) in [6.45, 7) is 8.92. The molecular formula is C24H31N7O3S. The number of anilines is 4. The zero-order chi connectivity index (χ0) is 23.8. The summed E-state index contributed by atoms with van der Waals surface area (Å²) in [5, 5.41) is 4.03. The van der Waals surface area contributed by atoms with Crippen molar-refractivity contribution in [1.82, 2.24) is 15.0 Å². The molecule has 3 fully saturated rings. The van der Waals surface area contributed by atoms with Crippen molar-refractivity contribution in [1.29, 1.82) is 0 Å². The smallest absolute Gasteiger partial charge is 0.297 e. The van der Waals surface area contributed by atoms with Gasteiger partial charge in [0.25, 0.3) is 11.9 Å². The number of carbonyl (C=O) groups is 1. The van der Waals surface area contributed by atoms with Crippen LogP contribution in [-0.4, -0.2) is 73.3 Å². The van der Waals surface area contributed by atoms with E-state index in [0.717, 1.165) is 79.8 Å². The highest BCUT2D eigenvalue weighted by atomic mass is 32.1. The second kappa shape index (κ2) is 9.62. The summed E-state index contributed by atoms with van der Waals surface area (Å²) in [5.41, 5.74) is 1.70. The van der Waals surface area contributed by atoms with E-state index < -0.39 is 0 Å². The molecular weight excluding hydrogens is 466 g/mol. The number of fused-ring (bicyclic) bond motifs is 1. The van der Waals surface area contributed by atoms with Gasteiger partial charge in [-0.3, -0.25) is 4.79 Å². The Morgan fingerprint density at radius 2 is 1.86 bits per heavy atom. The zero-order valence-corrected chi connectivity index (χ0v) is 20.9. The van der Waals surface area contributed by atoms with Crippen molar-refractivity contribution in [3.63, 3.8) is 0 Å². The first-order valence-corrected chi connectivity index (χ1v) is 13.4. The van der Waals surface area contributed by atoms with Crippen molar-refractivity contribution in [2.75, 3.05) is 72.5 Å². The molecule has 0 bridgehead atoms. The number of carbonyl (C=O) groups excluding carboxylic acids is 1. The highest BCUT2D eigenvalue weighted by molar-refractivity contribution is 7.22. The number of ether oxygens (including phenoxy) is 1. The summed E-state index contributed by atoms with van der Waals surface area (Å²) in [6, 6.07) is 2.52. The number of rotatable bonds is 5. The predicted octanol–water partition coefficient (Wildman–Crippen LogP) is 3.60. The normalized spacial score (nSPS) is 21.2. The van der Waals surface area contributed by atoms with E-state index in [0.29, 0.717) is 30.8 Å². The number of oxazole rings is 1. The van der Waals surface area contributed by atoms with E-state index in [1.807, 2.05) is 6.07 Å². The number of piperidine rings is 1. The van der Waals surface area contributed by atoms with E-state index in [4.69, 9.17) is 19.1 Å². The number of aromatic nitrogens is 3. The fourth-order valence-corrected chi connectivity index (χ4v) is 5.98. The SMILES string of the molecule is C[C@H]1CCN(c2nc(C(=O)Nc3cc4sc(N5CCOCC5)nc4nc3N3CCCCC3)co2)C1. The number of amides is 1. The predicted molar refractivity (Wildman–Crippen MR) is 137 cm³/mol. The van der Waals surface area contributed by atoms with Gasteiger partial charge in [0.05, 0.1) is 23.6 Å². The standard InChI is InChI=1S/C24H31N7O3S/c1-16-5-8-31(14-16)23-26-18(15-34-23)22(32)25-17-13-19-20(27-21(17)29-6-3-2-4-7-29)28-24(35-19)30-9-11-33-12-10-30/h13,15-16H,2-12,14H2,1H3,(H,25,32)/t16-/m0/s1. The second-order valence-corrected chi connectivity index (χ2v) is 10.6. The lowest BCUT2D eigenvalue weighted by Gasteiger charge is -2.29. The van der Waals surface area contributed by atoms with Crippen LogP contribution in [0.5, 0.6) is 0 Å². The average Bonchev–Trinajstić information content (AvgIpc) is 3.64. The van der Waals surface area contributed by atoms with E-state index in [2.05, 4.69) is 31.9 Å². The number of morpholine rings is 1. The molecule has 0 spiro atoms. The Balaban J connectivity index is 1.29. The third kappa shape index (κ3) is 4.66. The Kier molecular flexibility index (Phi) is 6.19. The largest absolute Gasteiger partial charge is 0.431 e. The van der Waals surface area contributed by atoms with Crippen LogP contribution < -0.4 is 20.0 Å². The number of nitrogens with one attached hydrogen (secondary N) is 1. The van der Waals surface area contributed by atoms with E-state index in [1.54, 1.807) is 11.3 Å². The van der Waals surface area contributed by atoms with Gasteiger partial charge in [0.15, 0.2) is 22.3 Å². The number of thiazole rings is 1. The molecule has 0 saturated carbocycles. The van der Waals surface area contributed by atoms with Crippen molar-refractivity contribution in [3.05, 3.63) is 18.0 Å². The van der Waals surface area contributed by atoms with Crippen molar-refractivity contribution >= 4 is 50.2 Å². The fourth-order valence-electron chi connectivity index (χ4n) is 4.98. The van der Waals surface area contributed by atoms with Crippen LogP contribution in [0.2, 0.25) is 0 Å². The third-order valence-electron chi connectivity index (χ3n) is 6.96. The molecule has 0 radical (unpaired) electrons. The number of hydrogen-bond donors (Lipinski definition) is 1. The molecule has 1 amide bonds. The Morgan fingerprint density at radius 1 is 1.03 bits per heavy atom. The zero-order valence-electron chi connectivity index (χ0n) is 20.0. The van der Waals surface area contributed by atoms with Crippen LogP contribution in [0.1, 0.15) is 43.1 Å². The molecule has 0 unspecified atom stereocenters. The minimum absolute atomic E-state index is 0.280. The monoisotopic (exact) mass is 497 g/mol. The molecule has 3 aliphatic heterocycles. The molecule has 1 atom stereocenters. The van der Waals surface area contributed by atoms with Crippen LogP contribution in [0.15, 0.2) is 16.7 Å². The Labute approximate surface area is 208 Å². The van der Waals surface area contributed by atoms with Gasteiger partial charge < -0.3 is 29.2 Å². The number of pyridine rings is 1. The molecule has 186 valence electrons. The van der Waals surface area contributed by atoms with Gasteiger partial charge in [-0.2, -0.15) is 9.97 Å². The summed E-state index contributed by atoms with van der Waals surface area (Å²) in [6.07, 6.45) is 6.00. The maximum absolute atomic E-state index is 13.2. The molecule has 6 heterocycles. The van der Waals surface area contributed by atoms with Crippen LogP contribution in [0.4, 0.5) is 22.7 Å². The summed E-state index contributed by atoms with van der Waals surface area (Å²) in [4.78, 5) is 34.0. The van der Waals surface area contributed by atoms with Crippen LogP contribution in [0, 0.1) is 5.92 Å². The first kappa shape index (κ1) is 22.5. The van der Waals surface area contributed by atoms with E-state index in [9.17, 15) is 4.79 Å². The lowest BCUT2D eigenvalue weighted by atomic mass is 10.1. The molecule has 1 N–H and O–H groups in total. The summed E-state index contributed by atoms with van der Waals surface area (Å²) in [5.74, 6) is 1.09. The molecule has 0 aromatic carbocycles. The van der Waals surface area contributed by atoms with Gasteiger partial charge in [-0.15, -0.1) is 0 Å². The average molecular weight is 498 g/mol. The van der Waals surface area contributed by atoms with E-state index in [1.165, 1.54) is 12.7 Å². The third-order valence-corrected chi connectivity index (χ3v) is 8.01. The molecule has 6 rings (SSSR count). The Hall–Kier alpha value is -2.92. The van der Waals surface area contributed by atoms with Crippen LogP contribution in [-0.2, 0) is 4.74 Å². The molecule has 3 saturated heterocycles. The number of nitrogens with zero attached hydrogens (tertiary/aromatic N) is 6. The lowest BCUT2D eigenvalue weighted by molar-refractivity contribution is 0.102. The van der Waals surface area contributed by atoms with Gasteiger partial charge >= 0.3 is 0 Å². The summed E-state index contributed by atoms with van der Waals surface area (Å²) >= 11 is 1.60.